The van der Waals surface area contributed by atoms with Crippen LogP contribution in [0.15, 0.2) is 12.7 Å². The lowest BCUT2D eigenvalue weighted by molar-refractivity contribution is 0.00832. The monoisotopic (exact) mass is 255 g/mol. The number of hydrogen-bond acceptors (Lipinski definition) is 3. The molecule has 1 heterocycles. The highest BCUT2D eigenvalue weighted by Crippen LogP contribution is 2.29. The van der Waals surface area contributed by atoms with Crippen LogP contribution in [0.25, 0.3) is 0 Å². The number of aliphatic hydroxyl groups excluding tert-OH is 1. The summed E-state index contributed by atoms with van der Waals surface area (Å²) in [5.41, 5.74) is -0.497. The standard InChI is InChI=1S/C14H25NO3/c1-5-6-7-11-8-9-12(10-16)15(11)13(17)18-14(2,3)4/h5,11-12,16H,1,6-10H2,2-4H3. The molecule has 0 saturated carbocycles. The predicted molar refractivity (Wildman–Crippen MR) is 71.4 cm³/mol. The summed E-state index contributed by atoms with van der Waals surface area (Å²) >= 11 is 0. The van der Waals surface area contributed by atoms with Gasteiger partial charge in [0.2, 0.25) is 0 Å². The maximum Gasteiger partial charge on any atom is 0.410 e. The molecular weight excluding hydrogens is 230 g/mol. The Morgan fingerprint density at radius 2 is 2.06 bits per heavy atom. The van der Waals surface area contributed by atoms with E-state index < -0.39 is 5.60 Å². The minimum atomic E-state index is -0.497. The molecule has 0 radical (unpaired) electrons. The van der Waals surface area contributed by atoms with Crippen molar-refractivity contribution in [1.82, 2.24) is 4.90 Å². The quantitative estimate of drug-likeness (QED) is 0.786. The summed E-state index contributed by atoms with van der Waals surface area (Å²) in [6.45, 7) is 9.27. The van der Waals surface area contributed by atoms with Crippen LogP contribution < -0.4 is 0 Å². The number of aliphatic hydroxyl groups is 1. The molecule has 4 heteroatoms. The number of allylic oxidation sites excluding steroid dienone is 1. The van der Waals surface area contributed by atoms with Crippen LogP contribution in [0.1, 0.15) is 46.5 Å². The third-order valence-corrected chi connectivity index (χ3v) is 3.14. The number of nitrogens with zero attached hydrogens (tertiary/aromatic N) is 1. The molecule has 4 nitrogen and oxygen atoms in total. The topological polar surface area (TPSA) is 49.8 Å². The van der Waals surface area contributed by atoms with Crippen LogP contribution in [0.5, 0.6) is 0 Å². The van der Waals surface area contributed by atoms with E-state index in [-0.39, 0.29) is 24.8 Å². The molecule has 1 amide bonds. The molecule has 0 aliphatic carbocycles. The van der Waals surface area contributed by atoms with Gasteiger partial charge >= 0.3 is 6.09 Å². The highest BCUT2D eigenvalue weighted by molar-refractivity contribution is 5.69. The zero-order chi connectivity index (χ0) is 13.8. The number of carbonyl (C=O) groups excluding carboxylic acids is 1. The van der Waals surface area contributed by atoms with E-state index in [0.717, 1.165) is 25.7 Å². The first kappa shape index (κ1) is 15.0. The average Bonchev–Trinajstić information content (AvgIpc) is 2.66. The summed E-state index contributed by atoms with van der Waals surface area (Å²) in [4.78, 5) is 13.9. The fourth-order valence-corrected chi connectivity index (χ4v) is 2.35. The predicted octanol–water partition coefficient (Wildman–Crippen LogP) is 2.71. The van der Waals surface area contributed by atoms with Gasteiger partial charge in [-0.2, -0.15) is 0 Å². The normalized spacial score (nSPS) is 24.1. The molecule has 1 rings (SSSR count). The third-order valence-electron chi connectivity index (χ3n) is 3.14. The molecule has 0 aromatic heterocycles. The van der Waals surface area contributed by atoms with Crippen molar-refractivity contribution in [1.29, 1.82) is 0 Å². The highest BCUT2D eigenvalue weighted by Gasteiger charge is 2.38. The molecule has 1 fully saturated rings. The minimum absolute atomic E-state index is 0.00380. The van der Waals surface area contributed by atoms with E-state index >= 15 is 0 Å². The lowest BCUT2D eigenvalue weighted by atomic mass is 10.1. The van der Waals surface area contributed by atoms with Gasteiger partial charge in [0.05, 0.1) is 12.6 Å². The van der Waals surface area contributed by atoms with E-state index in [0.29, 0.717) is 0 Å². The minimum Gasteiger partial charge on any atom is -0.444 e. The lowest BCUT2D eigenvalue weighted by Crippen LogP contribution is -2.45. The Balaban J connectivity index is 2.70. The largest absolute Gasteiger partial charge is 0.444 e. The SMILES string of the molecule is C=CCCC1CCC(CO)N1C(=O)OC(C)(C)C. The van der Waals surface area contributed by atoms with Gasteiger partial charge in [-0.3, -0.25) is 4.90 Å². The molecule has 0 aromatic carbocycles. The number of likely N-dealkylation sites (tertiary alicyclic amines) is 1. The fourth-order valence-electron chi connectivity index (χ4n) is 2.35. The van der Waals surface area contributed by atoms with E-state index in [1.165, 1.54) is 0 Å². The lowest BCUT2D eigenvalue weighted by Gasteiger charge is -2.32. The molecule has 0 aromatic rings. The van der Waals surface area contributed by atoms with E-state index in [1.807, 2.05) is 26.8 Å². The number of hydrogen-bond donors (Lipinski definition) is 1. The molecule has 2 unspecified atom stereocenters. The Bertz CT molecular complexity index is 296. The molecule has 2 atom stereocenters. The van der Waals surface area contributed by atoms with E-state index in [4.69, 9.17) is 4.74 Å². The van der Waals surface area contributed by atoms with Gasteiger partial charge in [0, 0.05) is 6.04 Å². The van der Waals surface area contributed by atoms with Crippen molar-refractivity contribution in [3.8, 4) is 0 Å². The molecule has 1 aliphatic rings. The van der Waals surface area contributed by atoms with Crippen LogP contribution in [0.4, 0.5) is 4.79 Å². The molecular formula is C14H25NO3. The molecule has 0 spiro atoms. The van der Waals surface area contributed by atoms with Crippen LogP contribution >= 0.6 is 0 Å². The van der Waals surface area contributed by atoms with Gasteiger partial charge in [-0.25, -0.2) is 4.79 Å². The van der Waals surface area contributed by atoms with Gasteiger partial charge in [-0.1, -0.05) is 6.08 Å². The van der Waals surface area contributed by atoms with Crippen LogP contribution in [-0.2, 0) is 4.74 Å². The molecule has 18 heavy (non-hydrogen) atoms. The van der Waals surface area contributed by atoms with Crippen molar-refractivity contribution >= 4 is 6.09 Å². The number of rotatable bonds is 4. The van der Waals surface area contributed by atoms with Crippen molar-refractivity contribution in [2.45, 2.75) is 64.1 Å². The Hall–Kier alpha value is -1.03. The highest BCUT2D eigenvalue weighted by atomic mass is 16.6. The van der Waals surface area contributed by atoms with Crippen molar-refractivity contribution in [2.75, 3.05) is 6.61 Å². The van der Waals surface area contributed by atoms with E-state index in [2.05, 4.69) is 6.58 Å². The van der Waals surface area contributed by atoms with Crippen LogP contribution in [0, 0.1) is 0 Å². The second kappa shape index (κ2) is 6.23. The van der Waals surface area contributed by atoms with Gasteiger partial charge in [-0.05, 0) is 46.5 Å². The Morgan fingerprint density at radius 1 is 1.44 bits per heavy atom. The third kappa shape index (κ3) is 4.02. The Labute approximate surface area is 110 Å². The van der Waals surface area contributed by atoms with Crippen LogP contribution in [0.3, 0.4) is 0 Å². The number of ether oxygens (including phenoxy) is 1. The zero-order valence-corrected chi connectivity index (χ0v) is 11.7. The first-order valence-electron chi connectivity index (χ1n) is 6.62. The zero-order valence-electron chi connectivity index (χ0n) is 11.7. The first-order valence-corrected chi connectivity index (χ1v) is 6.62. The van der Waals surface area contributed by atoms with Crippen molar-refractivity contribution in [2.24, 2.45) is 0 Å². The molecule has 0 bridgehead atoms. The maximum absolute atomic E-state index is 12.2. The van der Waals surface area contributed by atoms with Crippen molar-refractivity contribution in [3.05, 3.63) is 12.7 Å². The van der Waals surface area contributed by atoms with E-state index in [1.54, 1.807) is 4.90 Å². The maximum atomic E-state index is 12.2. The second-order valence-electron chi connectivity index (χ2n) is 5.82. The number of amides is 1. The molecule has 1 aliphatic heterocycles. The van der Waals surface area contributed by atoms with Crippen molar-refractivity contribution in [3.63, 3.8) is 0 Å². The van der Waals surface area contributed by atoms with Gasteiger partial charge in [0.25, 0.3) is 0 Å². The smallest absolute Gasteiger partial charge is 0.410 e. The average molecular weight is 255 g/mol. The Morgan fingerprint density at radius 3 is 2.56 bits per heavy atom. The Kier molecular flexibility index (Phi) is 5.20. The molecule has 1 saturated heterocycles. The second-order valence-corrected chi connectivity index (χ2v) is 5.82. The number of carbonyl (C=O) groups is 1. The van der Waals surface area contributed by atoms with Gasteiger partial charge < -0.3 is 9.84 Å². The van der Waals surface area contributed by atoms with Gasteiger partial charge in [0.15, 0.2) is 0 Å². The summed E-state index contributed by atoms with van der Waals surface area (Å²) in [5, 5.41) is 9.36. The summed E-state index contributed by atoms with van der Waals surface area (Å²) in [6.07, 6.45) is 5.09. The first-order chi connectivity index (χ1) is 8.39. The van der Waals surface area contributed by atoms with Crippen LogP contribution in [0.2, 0.25) is 0 Å². The molecule has 1 N–H and O–H groups in total. The van der Waals surface area contributed by atoms with Gasteiger partial charge in [0.1, 0.15) is 5.60 Å². The van der Waals surface area contributed by atoms with Gasteiger partial charge in [-0.15, -0.1) is 6.58 Å². The van der Waals surface area contributed by atoms with E-state index in [9.17, 15) is 9.90 Å². The fraction of sp³-hybridized carbons (Fsp3) is 0.786. The summed E-state index contributed by atoms with van der Waals surface area (Å²) in [5.74, 6) is 0. The summed E-state index contributed by atoms with van der Waals surface area (Å²) < 4.78 is 5.41. The molecule has 104 valence electrons. The summed E-state index contributed by atoms with van der Waals surface area (Å²) in [7, 11) is 0. The van der Waals surface area contributed by atoms with Crippen molar-refractivity contribution < 1.29 is 14.6 Å². The van der Waals surface area contributed by atoms with Crippen LogP contribution in [-0.4, -0.2) is 40.4 Å². The summed E-state index contributed by atoms with van der Waals surface area (Å²) in [6, 6.07) is 0.0599.